The van der Waals surface area contributed by atoms with E-state index in [9.17, 15) is 24.3 Å². The summed E-state index contributed by atoms with van der Waals surface area (Å²) in [5, 5.41) is 16.9. The van der Waals surface area contributed by atoms with Crippen molar-refractivity contribution in [1.82, 2.24) is 16.0 Å². The molecule has 26 heavy (non-hydrogen) atoms. The quantitative estimate of drug-likeness (QED) is 0.0971. The van der Waals surface area contributed by atoms with Crippen LogP contribution in [0.3, 0.4) is 0 Å². The van der Waals surface area contributed by atoms with Crippen molar-refractivity contribution in [2.24, 2.45) is 16.5 Å². The lowest BCUT2D eigenvalue weighted by Crippen LogP contribution is -2.57. The minimum absolute atomic E-state index is 0.0677. The van der Waals surface area contributed by atoms with Gasteiger partial charge in [0.05, 0.1) is 12.1 Å². The Morgan fingerprint density at radius 2 is 1.73 bits per heavy atom. The number of aliphatic imine (C=N–C) groups is 1. The maximum Gasteiger partial charge on any atom is 0.245 e. The van der Waals surface area contributed by atoms with E-state index >= 15 is 0 Å². The molecular formula is C15H28N6O5. The summed E-state index contributed by atoms with van der Waals surface area (Å²) >= 11 is 0. The molecule has 8 N–H and O–H groups in total. The molecule has 0 aromatic heterocycles. The van der Waals surface area contributed by atoms with Crippen molar-refractivity contribution in [3.05, 3.63) is 0 Å². The molecule has 0 aliphatic heterocycles. The van der Waals surface area contributed by atoms with Gasteiger partial charge in [0.15, 0.2) is 5.96 Å². The molecule has 0 spiro atoms. The molecule has 3 amide bonds. The Hall–Kier alpha value is -2.69. The third kappa shape index (κ3) is 9.57. The molecule has 0 fully saturated rings. The van der Waals surface area contributed by atoms with Gasteiger partial charge in [-0.15, -0.1) is 0 Å². The van der Waals surface area contributed by atoms with Crippen LogP contribution in [0.15, 0.2) is 4.99 Å². The lowest BCUT2D eigenvalue weighted by Gasteiger charge is -2.24. The molecule has 0 heterocycles. The van der Waals surface area contributed by atoms with Gasteiger partial charge in [-0.25, -0.2) is 0 Å². The molecule has 0 saturated carbocycles. The number of carbonyl (C=O) groups is 4. The zero-order valence-electron chi connectivity index (χ0n) is 15.2. The van der Waals surface area contributed by atoms with E-state index in [1.54, 1.807) is 0 Å². The number of aliphatic hydroxyl groups is 1. The van der Waals surface area contributed by atoms with Crippen molar-refractivity contribution in [2.45, 2.75) is 57.8 Å². The second kappa shape index (κ2) is 11.8. The first-order valence-corrected chi connectivity index (χ1v) is 8.15. The summed E-state index contributed by atoms with van der Waals surface area (Å²) in [6, 6.07) is -2.98. The Kier molecular flexibility index (Phi) is 10.6. The number of guanidine groups is 1. The number of nitrogens with zero attached hydrogens (tertiary/aromatic N) is 1. The van der Waals surface area contributed by atoms with E-state index in [-0.39, 0.29) is 12.4 Å². The second-order valence-electron chi connectivity index (χ2n) is 5.85. The van der Waals surface area contributed by atoms with E-state index in [1.807, 2.05) is 0 Å². The fourth-order valence-electron chi connectivity index (χ4n) is 2.02. The zero-order chi connectivity index (χ0) is 20.3. The van der Waals surface area contributed by atoms with Crippen LogP contribution in [0.4, 0.5) is 0 Å². The first-order valence-electron chi connectivity index (χ1n) is 8.15. The van der Waals surface area contributed by atoms with Crippen LogP contribution >= 0.6 is 0 Å². The summed E-state index contributed by atoms with van der Waals surface area (Å²) in [6.07, 6.45) is 0.0769. The molecule has 11 nitrogen and oxygen atoms in total. The molecule has 0 aliphatic carbocycles. The highest BCUT2D eigenvalue weighted by atomic mass is 16.3. The first-order chi connectivity index (χ1) is 12.1. The second-order valence-corrected chi connectivity index (χ2v) is 5.85. The van der Waals surface area contributed by atoms with Crippen molar-refractivity contribution >= 4 is 30.0 Å². The Labute approximate surface area is 152 Å². The Morgan fingerprint density at radius 1 is 1.12 bits per heavy atom. The highest BCUT2D eigenvalue weighted by molar-refractivity contribution is 5.92. The van der Waals surface area contributed by atoms with Gasteiger partial charge in [-0.1, -0.05) is 0 Å². The fraction of sp³-hybridized carbons (Fsp3) is 0.667. The summed E-state index contributed by atoms with van der Waals surface area (Å²) in [7, 11) is 0. The summed E-state index contributed by atoms with van der Waals surface area (Å²) in [5.41, 5.74) is 10.4. The van der Waals surface area contributed by atoms with Crippen LogP contribution in [0.2, 0.25) is 0 Å². The molecule has 0 rings (SSSR count). The smallest absolute Gasteiger partial charge is 0.245 e. The predicted octanol–water partition coefficient (Wildman–Crippen LogP) is -2.89. The van der Waals surface area contributed by atoms with Gasteiger partial charge in [-0.3, -0.25) is 19.4 Å². The van der Waals surface area contributed by atoms with E-state index in [1.165, 1.54) is 20.8 Å². The number of aliphatic hydroxyl groups excluding tert-OH is 1. The topological polar surface area (TPSA) is 189 Å². The van der Waals surface area contributed by atoms with Crippen LogP contribution in [0.5, 0.6) is 0 Å². The predicted molar refractivity (Wildman–Crippen MR) is 94.8 cm³/mol. The van der Waals surface area contributed by atoms with Crippen molar-refractivity contribution in [3.63, 3.8) is 0 Å². The highest BCUT2D eigenvalue weighted by Gasteiger charge is 2.29. The summed E-state index contributed by atoms with van der Waals surface area (Å²) in [5.74, 6) is -1.84. The molecule has 1 unspecified atom stereocenters. The van der Waals surface area contributed by atoms with Gasteiger partial charge < -0.3 is 37.3 Å². The molecule has 11 heteroatoms. The molecule has 4 atom stereocenters. The van der Waals surface area contributed by atoms with Crippen LogP contribution in [0.25, 0.3) is 0 Å². The fourth-order valence-corrected chi connectivity index (χ4v) is 2.02. The minimum Gasteiger partial charge on any atom is -0.391 e. The maximum absolute atomic E-state index is 12.3. The maximum atomic E-state index is 12.3. The van der Waals surface area contributed by atoms with Gasteiger partial charge in [-0.05, 0) is 26.7 Å². The third-order valence-electron chi connectivity index (χ3n) is 3.34. The van der Waals surface area contributed by atoms with E-state index in [0.29, 0.717) is 19.3 Å². The van der Waals surface area contributed by atoms with Crippen molar-refractivity contribution in [1.29, 1.82) is 0 Å². The molecular weight excluding hydrogens is 344 g/mol. The largest absolute Gasteiger partial charge is 0.391 e. The van der Waals surface area contributed by atoms with Gasteiger partial charge in [0.1, 0.15) is 18.4 Å². The lowest BCUT2D eigenvalue weighted by atomic mass is 10.1. The molecule has 0 aliphatic rings. The van der Waals surface area contributed by atoms with Crippen LogP contribution < -0.4 is 27.4 Å². The number of amides is 3. The van der Waals surface area contributed by atoms with Crippen molar-refractivity contribution in [2.75, 3.05) is 6.54 Å². The van der Waals surface area contributed by atoms with Crippen molar-refractivity contribution in [3.8, 4) is 0 Å². The lowest BCUT2D eigenvalue weighted by molar-refractivity contribution is -0.134. The zero-order valence-corrected chi connectivity index (χ0v) is 15.2. The number of nitrogens with two attached hydrogens (primary N) is 2. The number of aldehydes is 1. The molecule has 0 aromatic carbocycles. The Morgan fingerprint density at radius 3 is 2.19 bits per heavy atom. The standard InChI is InChI=1S/C15H28N6O5/c1-8(19-10(3)24)13(25)21-12(9(2)23)14(26)20-11(7-22)5-4-6-18-15(16)17/h7-9,11-12,23H,4-6H2,1-3H3,(H,19,24)(H,20,26)(H,21,25)(H4,16,17,18)/t8-,9?,11-,12-/m0/s1. The van der Waals surface area contributed by atoms with Gasteiger partial charge in [0.25, 0.3) is 0 Å². The summed E-state index contributed by atoms with van der Waals surface area (Å²) < 4.78 is 0. The minimum atomic E-state index is -1.28. The van der Waals surface area contributed by atoms with Gasteiger partial charge in [0.2, 0.25) is 17.7 Å². The number of hydrogen-bond acceptors (Lipinski definition) is 6. The molecule has 0 aromatic rings. The van der Waals surface area contributed by atoms with Crippen LogP contribution in [-0.2, 0) is 19.2 Å². The van der Waals surface area contributed by atoms with E-state index in [4.69, 9.17) is 11.5 Å². The van der Waals surface area contributed by atoms with Crippen LogP contribution in [0, 0.1) is 0 Å². The van der Waals surface area contributed by atoms with Gasteiger partial charge in [0, 0.05) is 13.5 Å². The van der Waals surface area contributed by atoms with E-state index in [2.05, 4.69) is 20.9 Å². The first kappa shape index (κ1) is 23.3. The van der Waals surface area contributed by atoms with Crippen LogP contribution in [0.1, 0.15) is 33.6 Å². The summed E-state index contributed by atoms with van der Waals surface area (Å²) in [6.45, 7) is 4.31. The average molecular weight is 372 g/mol. The monoisotopic (exact) mass is 372 g/mol. The van der Waals surface area contributed by atoms with E-state index < -0.39 is 42.0 Å². The normalized spacial score (nSPS) is 14.9. The number of hydrogen-bond donors (Lipinski definition) is 6. The Balaban J connectivity index is 4.74. The number of rotatable bonds is 11. The average Bonchev–Trinajstić information content (AvgIpc) is 2.53. The van der Waals surface area contributed by atoms with Crippen LogP contribution in [-0.4, -0.2) is 65.8 Å². The van der Waals surface area contributed by atoms with E-state index in [0.717, 1.165) is 0 Å². The van der Waals surface area contributed by atoms with Gasteiger partial charge in [-0.2, -0.15) is 0 Å². The molecule has 0 saturated heterocycles. The highest BCUT2D eigenvalue weighted by Crippen LogP contribution is 2.00. The van der Waals surface area contributed by atoms with Gasteiger partial charge >= 0.3 is 0 Å². The SMILES string of the molecule is CC(=O)N[C@@H](C)C(=O)N[C@H](C(=O)N[C@H](C=O)CCCN=C(N)N)C(C)O. The molecule has 0 radical (unpaired) electrons. The molecule has 148 valence electrons. The molecule has 0 bridgehead atoms. The summed E-state index contributed by atoms with van der Waals surface area (Å²) in [4.78, 5) is 50.1. The number of carbonyl (C=O) groups excluding carboxylic acids is 4. The number of nitrogens with one attached hydrogen (secondary N) is 3. The van der Waals surface area contributed by atoms with Crippen molar-refractivity contribution < 1.29 is 24.3 Å². The Bertz CT molecular complexity index is 533. The third-order valence-corrected chi connectivity index (χ3v) is 3.34.